The zero-order chi connectivity index (χ0) is 7.84. The van der Waals surface area contributed by atoms with Crippen molar-refractivity contribution in [1.29, 1.82) is 0 Å². The van der Waals surface area contributed by atoms with Crippen LogP contribution in [0.3, 0.4) is 0 Å². The van der Waals surface area contributed by atoms with Crippen LogP contribution in [-0.2, 0) is 0 Å². The van der Waals surface area contributed by atoms with Crippen molar-refractivity contribution in [3.63, 3.8) is 0 Å². The Morgan fingerprint density at radius 3 is 3.18 bits per heavy atom. The molecule has 2 nitrogen and oxygen atoms in total. The van der Waals surface area contributed by atoms with Gasteiger partial charge in [0.2, 0.25) is 0 Å². The minimum atomic E-state index is 0.935. The molecule has 0 fully saturated rings. The molecule has 0 aliphatic rings. The number of rotatable bonds is 0. The summed E-state index contributed by atoms with van der Waals surface area (Å²) < 4.78 is 2.01. The summed E-state index contributed by atoms with van der Waals surface area (Å²) in [5.41, 5.74) is 0.960. The lowest BCUT2D eigenvalue weighted by molar-refractivity contribution is 1.27. The fourth-order valence-corrected chi connectivity index (χ4v) is 2.70. The normalized spacial score (nSPS) is 10.7. The number of thiophene rings is 1. The molecule has 2 aromatic heterocycles. The smallest absolute Gasteiger partial charge is 0.144 e. The van der Waals surface area contributed by atoms with Gasteiger partial charge in [-0.25, -0.2) is 4.98 Å². The Bertz CT molecular complexity index is 400. The highest BCUT2D eigenvalue weighted by molar-refractivity contribution is 14.1. The summed E-state index contributed by atoms with van der Waals surface area (Å²) in [6.07, 6.45) is 1.77. The van der Waals surface area contributed by atoms with Gasteiger partial charge in [-0.05, 0) is 44.6 Å². The third-order valence-corrected chi connectivity index (χ3v) is 3.22. The van der Waals surface area contributed by atoms with E-state index < -0.39 is 0 Å². The van der Waals surface area contributed by atoms with E-state index in [-0.39, 0.29) is 0 Å². The van der Waals surface area contributed by atoms with Crippen molar-refractivity contribution < 1.29 is 0 Å². The van der Waals surface area contributed by atoms with E-state index >= 15 is 0 Å². The molecule has 0 bridgehead atoms. The van der Waals surface area contributed by atoms with Gasteiger partial charge in [0.15, 0.2) is 0 Å². The molecule has 0 atom stereocenters. The molecule has 0 N–H and O–H groups in total. The van der Waals surface area contributed by atoms with E-state index in [1.807, 2.05) is 6.07 Å². The molecule has 0 saturated carbocycles. The van der Waals surface area contributed by atoms with Crippen molar-refractivity contribution >= 4 is 60.2 Å². The lowest BCUT2D eigenvalue weighted by Gasteiger charge is -1.86. The first-order valence-corrected chi connectivity index (χ1v) is 5.52. The Morgan fingerprint density at radius 2 is 2.36 bits per heavy atom. The summed E-state index contributed by atoms with van der Waals surface area (Å²) >= 11 is 7.14. The summed E-state index contributed by atoms with van der Waals surface area (Å²) in [7, 11) is 0. The second kappa shape index (κ2) is 2.95. The largest absolute Gasteiger partial charge is 0.251 e. The molecular weight excluding hydrogens is 339 g/mol. The van der Waals surface area contributed by atoms with Gasteiger partial charge < -0.3 is 0 Å². The number of hydrogen-bond donors (Lipinski definition) is 0. The van der Waals surface area contributed by atoms with Crippen LogP contribution in [0.2, 0.25) is 0 Å². The zero-order valence-corrected chi connectivity index (χ0v) is 9.77. The van der Waals surface area contributed by atoms with Crippen molar-refractivity contribution in [2.75, 3.05) is 0 Å². The number of aromatic nitrogens is 2. The summed E-state index contributed by atoms with van der Waals surface area (Å²) in [4.78, 5) is 9.51. The number of nitrogens with zero attached hydrogens (tertiary/aromatic N) is 2. The monoisotopic (exact) mass is 340 g/mol. The minimum Gasteiger partial charge on any atom is -0.251 e. The second-order valence-corrected chi connectivity index (χ2v) is 5.45. The van der Waals surface area contributed by atoms with Gasteiger partial charge in [0.05, 0.1) is 9.98 Å². The van der Waals surface area contributed by atoms with Crippen LogP contribution in [0.4, 0.5) is 0 Å². The van der Waals surface area contributed by atoms with E-state index in [0.29, 0.717) is 0 Å². The van der Waals surface area contributed by atoms with Gasteiger partial charge in [0.25, 0.3) is 0 Å². The molecule has 56 valence electrons. The number of hydrogen-bond acceptors (Lipinski definition) is 3. The van der Waals surface area contributed by atoms with Crippen LogP contribution in [0, 0.1) is 3.70 Å². The summed E-state index contributed by atoms with van der Waals surface area (Å²) in [5.74, 6) is 0. The predicted molar refractivity (Wildman–Crippen MR) is 57.8 cm³/mol. The van der Waals surface area contributed by atoms with Crippen LogP contribution in [0.5, 0.6) is 0 Å². The predicted octanol–water partition coefficient (Wildman–Crippen LogP) is 3.06. The van der Waals surface area contributed by atoms with E-state index in [1.165, 1.54) is 0 Å². The topological polar surface area (TPSA) is 25.8 Å². The van der Waals surface area contributed by atoms with E-state index in [1.54, 1.807) is 17.5 Å². The Labute approximate surface area is 89.3 Å². The number of halogens is 2. The molecule has 11 heavy (non-hydrogen) atoms. The van der Waals surface area contributed by atoms with E-state index in [4.69, 9.17) is 0 Å². The van der Waals surface area contributed by atoms with Crippen LogP contribution in [0.1, 0.15) is 0 Å². The number of fused-ring (bicyclic) bond motifs is 1. The second-order valence-electron chi connectivity index (χ2n) is 1.93. The molecule has 5 heteroatoms. The molecule has 2 heterocycles. The van der Waals surface area contributed by atoms with Gasteiger partial charge in [-0.15, -0.1) is 11.3 Å². The quantitative estimate of drug-likeness (QED) is 0.689. The fraction of sp³-hybridized carbons (Fsp3) is 0. The molecule has 2 rings (SSSR count). The first kappa shape index (κ1) is 7.88. The Morgan fingerprint density at radius 1 is 1.55 bits per heavy atom. The van der Waals surface area contributed by atoms with E-state index in [0.717, 1.165) is 17.8 Å². The summed E-state index contributed by atoms with van der Waals surface area (Å²) in [5, 5.41) is 0. The van der Waals surface area contributed by atoms with Gasteiger partial charge in [-0.1, -0.05) is 0 Å². The third kappa shape index (κ3) is 1.54. The van der Waals surface area contributed by atoms with Crippen LogP contribution < -0.4 is 0 Å². The maximum atomic E-state index is 4.31. The Hall–Kier alpha value is 0.250. The highest BCUT2D eigenvalue weighted by atomic mass is 127. The molecule has 0 aromatic carbocycles. The molecule has 0 aliphatic heterocycles. The van der Waals surface area contributed by atoms with Crippen molar-refractivity contribution in [3.8, 4) is 0 Å². The first-order chi connectivity index (χ1) is 5.25. The highest BCUT2D eigenvalue weighted by Gasteiger charge is 2.01. The van der Waals surface area contributed by atoms with Gasteiger partial charge >= 0.3 is 0 Å². The molecule has 0 spiro atoms. The van der Waals surface area contributed by atoms with Gasteiger partial charge in [0.1, 0.15) is 14.0 Å². The molecule has 0 radical (unpaired) electrons. The average Bonchev–Trinajstić information content (AvgIpc) is 2.27. The maximum absolute atomic E-state index is 4.31. The van der Waals surface area contributed by atoms with Crippen molar-refractivity contribution in [3.05, 3.63) is 19.8 Å². The minimum absolute atomic E-state index is 0.935. The van der Waals surface area contributed by atoms with Crippen LogP contribution in [0.25, 0.3) is 10.3 Å². The van der Waals surface area contributed by atoms with Crippen LogP contribution in [-0.4, -0.2) is 9.97 Å². The van der Waals surface area contributed by atoms with E-state index in [2.05, 4.69) is 48.5 Å². The summed E-state index contributed by atoms with van der Waals surface area (Å²) in [6, 6.07) is 1.98. The lowest BCUT2D eigenvalue weighted by Crippen LogP contribution is -1.80. The first-order valence-electron chi connectivity index (χ1n) is 2.83. The molecule has 0 aliphatic carbocycles. The summed E-state index contributed by atoms with van der Waals surface area (Å²) in [6.45, 7) is 0. The standard InChI is InChI=1S/C6H2BrIN2S/c7-4-1-3-6(11-4)10-5(8)2-9-3/h1-2H. The molecule has 2 aromatic rings. The Kier molecular flexibility index (Phi) is 2.11. The molecule has 0 unspecified atom stereocenters. The van der Waals surface area contributed by atoms with E-state index in [9.17, 15) is 0 Å². The SMILES string of the molecule is Brc1cc2ncc(I)nc2s1. The Balaban J connectivity index is 2.82. The van der Waals surface area contributed by atoms with Gasteiger partial charge in [-0.2, -0.15) is 0 Å². The van der Waals surface area contributed by atoms with Gasteiger partial charge in [0, 0.05) is 0 Å². The lowest BCUT2D eigenvalue weighted by atomic mass is 10.5. The maximum Gasteiger partial charge on any atom is 0.144 e. The molecular formula is C6H2BrIN2S. The molecule has 0 amide bonds. The fourth-order valence-electron chi connectivity index (χ4n) is 0.765. The van der Waals surface area contributed by atoms with Crippen LogP contribution >= 0.6 is 49.9 Å². The van der Waals surface area contributed by atoms with Crippen molar-refractivity contribution in [2.24, 2.45) is 0 Å². The van der Waals surface area contributed by atoms with Crippen LogP contribution in [0.15, 0.2) is 16.0 Å². The zero-order valence-electron chi connectivity index (χ0n) is 5.21. The van der Waals surface area contributed by atoms with Gasteiger partial charge in [-0.3, -0.25) is 4.98 Å². The molecule has 0 saturated heterocycles. The van der Waals surface area contributed by atoms with Crippen molar-refractivity contribution in [1.82, 2.24) is 9.97 Å². The highest BCUT2D eigenvalue weighted by Crippen LogP contribution is 2.26. The average molecular weight is 341 g/mol. The third-order valence-electron chi connectivity index (χ3n) is 1.18. The van der Waals surface area contributed by atoms with Crippen molar-refractivity contribution in [2.45, 2.75) is 0 Å².